The maximum absolute atomic E-state index is 12.4. The van der Waals surface area contributed by atoms with Crippen LogP contribution in [0.3, 0.4) is 0 Å². The van der Waals surface area contributed by atoms with Crippen LogP contribution in [0, 0.1) is 5.92 Å². The van der Waals surface area contributed by atoms with E-state index in [1.54, 1.807) is 0 Å². The van der Waals surface area contributed by atoms with Crippen molar-refractivity contribution < 1.29 is 4.39 Å². The number of piperidine rings is 1. The van der Waals surface area contributed by atoms with Crippen molar-refractivity contribution in [3.8, 4) is 0 Å². The van der Waals surface area contributed by atoms with E-state index in [-0.39, 0.29) is 6.67 Å². The first-order valence-corrected chi connectivity index (χ1v) is 5.85. The standard InChI is InChI=1S/C12H20FN/c1-2-3-4-12-10-5-6-11(9-10)14(12)8-7-13/h3-4,10-12H,2,5-9H2,1H3/b4-3+. The van der Waals surface area contributed by atoms with Gasteiger partial charge in [0.15, 0.2) is 0 Å². The molecule has 0 aromatic heterocycles. The van der Waals surface area contributed by atoms with Gasteiger partial charge in [-0.2, -0.15) is 0 Å². The van der Waals surface area contributed by atoms with Gasteiger partial charge in [0.25, 0.3) is 0 Å². The molecule has 0 aromatic rings. The Labute approximate surface area is 86.0 Å². The first-order chi connectivity index (χ1) is 6.86. The number of nitrogens with zero attached hydrogens (tertiary/aromatic N) is 1. The zero-order chi connectivity index (χ0) is 9.97. The predicted molar refractivity (Wildman–Crippen MR) is 57.0 cm³/mol. The third-order valence-corrected chi connectivity index (χ3v) is 3.69. The fourth-order valence-electron chi connectivity index (χ4n) is 3.09. The van der Waals surface area contributed by atoms with Crippen LogP contribution in [0.1, 0.15) is 32.6 Å². The molecule has 1 saturated carbocycles. The van der Waals surface area contributed by atoms with Crippen molar-refractivity contribution in [1.29, 1.82) is 0 Å². The molecule has 0 spiro atoms. The van der Waals surface area contributed by atoms with Gasteiger partial charge in [0.05, 0.1) is 0 Å². The summed E-state index contributed by atoms with van der Waals surface area (Å²) in [6.07, 6.45) is 9.58. The smallest absolute Gasteiger partial charge is 0.102 e. The summed E-state index contributed by atoms with van der Waals surface area (Å²) in [6.45, 7) is 2.60. The Balaban J connectivity index is 2.01. The van der Waals surface area contributed by atoms with Gasteiger partial charge in [-0.25, -0.2) is 4.39 Å². The highest BCUT2D eigenvalue weighted by Crippen LogP contribution is 2.42. The lowest BCUT2D eigenvalue weighted by molar-refractivity contribution is 0.156. The molecular weight excluding hydrogens is 177 g/mol. The van der Waals surface area contributed by atoms with E-state index in [1.165, 1.54) is 19.3 Å². The van der Waals surface area contributed by atoms with Crippen molar-refractivity contribution in [3.05, 3.63) is 12.2 Å². The van der Waals surface area contributed by atoms with E-state index < -0.39 is 0 Å². The number of hydrogen-bond donors (Lipinski definition) is 0. The molecule has 1 saturated heterocycles. The normalized spacial score (nSPS) is 37.4. The van der Waals surface area contributed by atoms with Crippen molar-refractivity contribution >= 4 is 0 Å². The molecule has 1 aliphatic heterocycles. The van der Waals surface area contributed by atoms with Crippen LogP contribution in [-0.2, 0) is 0 Å². The van der Waals surface area contributed by atoms with E-state index in [9.17, 15) is 4.39 Å². The first kappa shape index (κ1) is 10.2. The first-order valence-electron chi connectivity index (χ1n) is 5.85. The molecule has 80 valence electrons. The molecule has 0 N–H and O–H groups in total. The summed E-state index contributed by atoms with van der Waals surface area (Å²) >= 11 is 0. The molecular formula is C12H20FN. The Hall–Kier alpha value is -0.370. The highest BCUT2D eigenvalue weighted by atomic mass is 19.1. The van der Waals surface area contributed by atoms with Gasteiger partial charge in [0, 0.05) is 18.6 Å². The Kier molecular flexibility index (Phi) is 3.22. The lowest BCUT2D eigenvalue weighted by Crippen LogP contribution is -2.40. The quantitative estimate of drug-likeness (QED) is 0.626. The van der Waals surface area contributed by atoms with E-state index in [0.29, 0.717) is 18.6 Å². The molecule has 2 fully saturated rings. The maximum Gasteiger partial charge on any atom is 0.102 e. The summed E-state index contributed by atoms with van der Waals surface area (Å²) in [5.74, 6) is 0.814. The van der Waals surface area contributed by atoms with Gasteiger partial charge in [-0.1, -0.05) is 19.1 Å². The minimum Gasteiger partial charge on any atom is -0.291 e. The summed E-state index contributed by atoms with van der Waals surface area (Å²) in [5.41, 5.74) is 0. The number of allylic oxidation sites excluding steroid dienone is 1. The van der Waals surface area contributed by atoms with Crippen molar-refractivity contribution in [2.24, 2.45) is 5.92 Å². The fourth-order valence-corrected chi connectivity index (χ4v) is 3.09. The predicted octanol–water partition coefficient (Wildman–Crippen LogP) is 2.78. The van der Waals surface area contributed by atoms with E-state index >= 15 is 0 Å². The summed E-state index contributed by atoms with van der Waals surface area (Å²) < 4.78 is 12.4. The molecule has 1 heterocycles. The van der Waals surface area contributed by atoms with Gasteiger partial charge in [0.2, 0.25) is 0 Å². The van der Waals surface area contributed by atoms with Crippen LogP contribution in [0.15, 0.2) is 12.2 Å². The van der Waals surface area contributed by atoms with Crippen molar-refractivity contribution in [1.82, 2.24) is 4.90 Å². The SMILES string of the molecule is CC/C=C/C1C2CCC(C2)N1CCF. The second-order valence-corrected chi connectivity index (χ2v) is 4.48. The second-order valence-electron chi connectivity index (χ2n) is 4.48. The molecule has 2 bridgehead atoms. The van der Waals surface area contributed by atoms with Crippen molar-refractivity contribution in [2.45, 2.75) is 44.7 Å². The fraction of sp³-hybridized carbons (Fsp3) is 0.833. The van der Waals surface area contributed by atoms with Gasteiger partial charge < -0.3 is 0 Å². The molecule has 3 unspecified atom stereocenters. The Morgan fingerprint density at radius 1 is 1.43 bits per heavy atom. The molecule has 2 aliphatic rings. The molecule has 0 amide bonds. The van der Waals surface area contributed by atoms with Crippen molar-refractivity contribution in [3.63, 3.8) is 0 Å². The lowest BCUT2D eigenvalue weighted by atomic mass is 9.98. The minimum absolute atomic E-state index is 0.195. The van der Waals surface area contributed by atoms with Gasteiger partial charge in [0.1, 0.15) is 6.67 Å². The van der Waals surface area contributed by atoms with E-state index in [0.717, 1.165) is 12.3 Å². The highest BCUT2D eigenvalue weighted by Gasteiger charge is 2.43. The van der Waals surface area contributed by atoms with Gasteiger partial charge in [-0.3, -0.25) is 4.90 Å². The van der Waals surface area contributed by atoms with E-state index in [4.69, 9.17) is 0 Å². The number of fused-ring (bicyclic) bond motifs is 2. The molecule has 1 nitrogen and oxygen atoms in total. The Bertz CT molecular complexity index is 214. The van der Waals surface area contributed by atoms with Crippen LogP contribution >= 0.6 is 0 Å². The zero-order valence-corrected chi connectivity index (χ0v) is 8.95. The molecule has 3 atom stereocenters. The average molecular weight is 197 g/mol. The summed E-state index contributed by atoms with van der Waals surface area (Å²) in [4.78, 5) is 2.38. The lowest BCUT2D eigenvalue weighted by Gasteiger charge is -2.32. The zero-order valence-electron chi connectivity index (χ0n) is 8.95. The van der Waals surface area contributed by atoms with Gasteiger partial charge >= 0.3 is 0 Å². The van der Waals surface area contributed by atoms with Crippen LogP contribution < -0.4 is 0 Å². The number of rotatable bonds is 4. The molecule has 2 heteroatoms. The van der Waals surface area contributed by atoms with Crippen LogP contribution in [-0.4, -0.2) is 30.2 Å². The summed E-state index contributed by atoms with van der Waals surface area (Å²) in [7, 11) is 0. The maximum atomic E-state index is 12.4. The number of halogens is 1. The Morgan fingerprint density at radius 2 is 2.29 bits per heavy atom. The van der Waals surface area contributed by atoms with E-state index in [1.807, 2.05) is 0 Å². The third kappa shape index (κ3) is 1.72. The van der Waals surface area contributed by atoms with E-state index in [2.05, 4.69) is 24.0 Å². The summed E-state index contributed by atoms with van der Waals surface area (Å²) in [6, 6.07) is 1.23. The minimum atomic E-state index is -0.195. The van der Waals surface area contributed by atoms with Crippen molar-refractivity contribution in [2.75, 3.05) is 13.2 Å². The molecule has 14 heavy (non-hydrogen) atoms. The van der Waals surface area contributed by atoms with Crippen LogP contribution in [0.25, 0.3) is 0 Å². The molecule has 0 radical (unpaired) electrons. The number of likely N-dealkylation sites (tertiary alicyclic amines) is 1. The number of hydrogen-bond acceptors (Lipinski definition) is 1. The average Bonchev–Trinajstić information content (AvgIpc) is 2.76. The highest BCUT2D eigenvalue weighted by molar-refractivity contribution is 5.08. The second kappa shape index (κ2) is 4.43. The van der Waals surface area contributed by atoms with Crippen LogP contribution in [0.5, 0.6) is 0 Å². The Morgan fingerprint density at radius 3 is 3.00 bits per heavy atom. The molecule has 0 aromatic carbocycles. The topological polar surface area (TPSA) is 3.24 Å². The van der Waals surface area contributed by atoms with Crippen LogP contribution in [0.2, 0.25) is 0 Å². The molecule has 1 aliphatic carbocycles. The monoisotopic (exact) mass is 197 g/mol. The van der Waals surface area contributed by atoms with Gasteiger partial charge in [-0.05, 0) is 31.6 Å². The van der Waals surface area contributed by atoms with Crippen LogP contribution in [0.4, 0.5) is 4.39 Å². The van der Waals surface area contributed by atoms with Gasteiger partial charge in [-0.15, -0.1) is 0 Å². The third-order valence-electron chi connectivity index (χ3n) is 3.69. The summed E-state index contributed by atoms with van der Waals surface area (Å²) in [5, 5.41) is 0. The molecule has 2 rings (SSSR count). The number of alkyl halides is 1. The largest absolute Gasteiger partial charge is 0.291 e.